The van der Waals surface area contributed by atoms with Gasteiger partial charge in [0, 0.05) is 12.2 Å². The molecule has 0 aromatic carbocycles. The van der Waals surface area contributed by atoms with Crippen molar-refractivity contribution in [2.45, 2.75) is 50.2 Å². The number of hydrogen-bond acceptors (Lipinski definition) is 8. The molecule has 0 radical (unpaired) electrons. The third-order valence-corrected chi connectivity index (χ3v) is 4.22. The summed E-state index contributed by atoms with van der Waals surface area (Å²) < 4.78 is 0. The first-order chi connectivity index (χ1) is 13.6. The monoisotopic (exact) mass is 434 g/mol. The average molecular weight is 435 g/mol. The first kappa shape index (κ1) is 26.6. The average Bonchev–Trinajstić information content (AvgIpc) is 2.66. The Morgan fingerprint density at radius 2 is 1.62 bits per heavy atom. The molecule has 4 amide bonds. The molecule has 0 spiro atoms. The second-order valence-corrected chi connectivity index (χ2v) is 6.68. The quantitative estimate of drug-likeness (QED) is 0.0966. The van der Waals surface area contributed by atoms with E-state index in [2.05, 4.69) is 28.6 Å². The largest absolute Gasteiger partial charge is 0.480 e. The predicted molar refractivity (Wildman–Crippen MR) is 108 cm³/mol. The van der Waals surface area contributed by atoms with Crippen LogP contribution >= 0.6 is 12.6 Å². The number of hydrogen-bond donors (Lipinski definition) is 8. The number of unbranched alkanes of at least 4 members (excludes halogenated alkanes) is 1. The van der Waals surface area contributed by atoms with Gasteiger partial charge < -0.3 is 38.3 Å². The van der Waals surface area contributed by atoms with Crippen LogP contribution in [0.25, 0.3) is 0 Å². The van der Waals surface area contributed by atoms with Gasteiger partial charge >= 0.3 is 5.97 Å². The fourth-order valence-electron chi connectivity index (χ4n) is 2.20. The number of carbonyl (C=O) groups is 5. The third-order valence-electron chi connectivity index (χ3n) is 3.86. The number of amides is 4. The van der Waals surface area contributed by atoms with Gasteiger partial charge in [0.15, 0.2) is 0 Å². The van der Waals surface area contributed by atoms with Crippen molar-refractivity contribution in [2.24, 2.45) is 17.2 Å². The summed E-state index contributed by atoms with van der Waals surface area (Å²) in [6.07, 6.45) is 1.45. The van der Waals surface area contributed by atoms with Crippen LogP contribution in [0.1, 0.15) is 32.1 Å². The molecule has 0 aromatic rings. The Kier molecular flexibility index (Phi) is 13.4. The Labute approximate surface area is 174 Å². The molecule has 29 heavy (non-hydrogen) atoms. The second-order valence-electron chi connectivity index (χ2n) is 6.32. The lowest BCUT2D eigenvalue weighted by Crippen LogP contribution is -2.53. The van der Waals surface area contributed by atoms with Crippen molar-refractivity contribution in [3.05, 3.63) is 0 Å². The minimum Gasteiger partial charge on any atom is -0.480 e. The van der Waals surface area contributed by atoms with E-state index in [1.165, 1.54) is 0 Å². The Morgan fingerprint density at radius 3 is 2.14 bits per heavy atom. The summed E-state index contributed by atoms with van der Waals surface area (Å²) >= 11 is 3.81. The van der Waals surface area contributed by atoms with Crippen molar-refractivity contribution in [3.63, 3.8) is 0 Å². The standard InChI is InChI=1S/C16H30N6O6S/c17-6-2-1-3-9(18)14(25)22-10(4-5-12(19)23)15(26)20-7-13(24)21-11(8-29)16(27)28/h9-11,29H,1-8,17-18H2,(H2,19,23)(H,20,26)(H,21,24)(H,22,25)(H,27,28). The number of carboxylic acid groups (broad SMARTS) is 1. The molecule has 3 atom stereocenters. The van der Waals surface area contributed by atoms with Gasteiger partial charge in [-0.1, -0.05) is 6.42 Å². The number of thiol groups is 1. The van der Waals surface area contributed by atoms with Crippen LogP contribution in [0.15, 0.2) is 0 Å². The zero-order chi connectivity index (χ0) is 22.4. The van der Waals surface area contributed by atoms with Crippen LogP contribution in [0.4, 0.5) is 0 Å². The van der Waals surface area contributed by atoms with Gasteiger partial charge in [0.1, 0.15) is 12.1 Å². The van der Waals surface area contributed by atoms with Crippen LogP contribution in [0, 0.1) is 0 Å². The van der Waals surface area contributed by atoms with Gasteiger partial charge in [-0.15, -0.1) is 0 Å². The van der Waals surface area contributed by atoms with E-state index in [4.69, 9.17) is 22.3 Å². The molecule has 0 aliphatic rings. The zero-order valence-corrected chi connectivity index (χ0v) is 17.0. The SMILES string of the molecule is NCCCCC(N)C(=O)NC(CCC(N)=O)C(=O)NCC(=O)NC(CS)C(=O)O. The van der Waals surface area contributed by atoms with Crippen LogP contribution in [0.3, 0.4) is 0 Å². The maximum atomic E-state index is 12.3. The molecule has 0 aromatic heterocycles. The highest BCUT2D eigenvalue weighted by Gasteiger charge is 2.25. The fraction of sp³-hybridized carbons (Fsp3) is 0.688. The normalized spacial score (nSPS) is 13.6. The minimum atomic E-state index is -1.27. The zero-order valence-electron chi connectivity index (χ0n) is 16.1. The number of nitrogens with one attached hydrogen (secondary N) is 3. The molecule has 0 rings (SSSR count). The summed E-state index contributed by atoms with van der Waals surface area (Å²) in [7, 11) is 0. The molecule has 0 saturated carbocycles. The number of rotatable bonds is 15. The van der Waals surface area contributed by atoms with E-state index < -0.39 is 54.3 Å². The van der Waals surface area contributed by atoms with Gasteiger partial charge in [0.25, 0.3) is 0 Å². The van der Waals surface area contributed by atoms with E-state index in [0.717, 1.165) is 0 Å². The smallest absolute Gasteiger partial charge is 0.327 e. The number of aliphatic carboxylic acids is 1. The maximum Gasteiger partial charge on any atom is 0.327 e. The lowest BCUT2D eigenvalue weighted by Gasteiger charge is -2.20. The van der Waals surface area contributed by atoms with Crippen molar-refractivity contribution >= 4 is 42.2 Å². The lowest BCUT2D eigenvalue weighted by molar-refractivity contribution is -0.141. The molecule has 0 fully saturated rings. The van der Waals surface area contributed by atoms with Crippen LogP contribution in [-0.4, -0.2) is 71.7 Å². The summed E-state index contributed by atoms with van der Waals surface area (Å²) in [5.74, 6) is -4.14. The van der Waals surface area contributed by atoms with Crippen molar-refractivity contribution in [1.82, 2.24) is 16.0 Å². The Bertz CT molecular complexity index is 590. The lowest BCUT2D eigenvalue weighted by atomic mass is 10.1. The summed E-state index contributed by atoms with van der Waals surface area (Å²) in [5.41, 5.74) is 16.3. The van der Waals surface area contributed by atoms with Gasteiger partial charge in [0.2, 0.25) is 23.6 Å². The molecule has 0 heterocycles. The Morgan fingerprint density at radius 1 is 0.966 bits per heavy atom. The van der Waals surface area contributed by atoms with E-state index >= 15 is 0 Å². The predicted octanol–water partition coefficient (Wildman–Crippen LogP) is -3.19. The van der Waals surface area contributed by atoms with Crippen molar-refractivity contribution in [2.75, 3.05) is 18.8 Å². The van der Waals surface area contributed by atoms with Crippen LogP contribution in [0.2, 0.25) is 0 Å². The summed E-state index contributed by atoms with van der Waals surface area (Å²) in [6, 6.07) is -3.21. The summed E-state index contributed by atoms with van der Waals surface area (Å²) in [6.45, 7) is -0.0577. The van der Waals surface area contributed by atoms with E-state index in [-0.39, 0.29) is 18.6 Å². The van der Waals surface area contributed by atoms with Gasteiger partial charge in [-0.05, 0) is 25.8 Å². The molecule has 166 valence electrons. The van der Waals surface area contributed by atoms with Gasteiger partial charge in [-0.2, -0.15) is 12.6 Å². The van der Waals surface area contributed by atoms with E-state index in [1.54, 1.807) is 0 Å². The topological polar surface area (TPSA) is 220 Å². The van der Waals surface area contributed by atoms with Gasteiger partial charge in [0.05, 0.1) is 12.6 Å². The number of carbonyl (C=O) groups excluding carboxylic acids is 4. The van der Waals surface area contributed by atoms with E-state index in [1.807, 2.05) is 0 Å². The van der Waals surface area contributed by atoms with Crippen LogP contribution < -0.4 is 33.2 Å². The number of carboxylic acids is 1. The first-order valence-electron chi connectivity index (χ1n) is 9.07. The summed E-state index contributed by atoms with van der Waals surface area (Å²) in [5, 5.41) is 15.8. The highest BCUT2D eigenvalue weighted by Crippen LogP contribution is 2.02. The Hall–Kier alpha value is -2.38. The number of nitrogens with two attached hydrogens (primary N) is 3. The highest BCUT2D eigenvalue weighted by molar-refractivity contribution is 7.80. The molecule has 0 aliphatic heterocycles. The molecule has 0 saturated heterocycles. The Balaban J connectivity index is 4.78. The third kappa shape index (κ3) is 11.9. The molecule has 0 aliphatic carbocycles. The van der Waals surface area contributed by atoms with Crippen LogP contribution in [0.5, 0.6) is 0 Å². The molecule has 3 unspecified atom stereocenters. The second kappa shape index (κ2) is 14.6. The van der Waals surface area contributed by atoms with Gasteiger partial charge in [-0.3, -0.25) is 19.2 Å². The van der Waals surface area contributed by atoms with E-state index in [0.29, 0.717) is 25.8 Å². The molecule has 13 heteroatoms. The molecule has 0 bridgehead atoms. The molecule has 12 nitrogen and oxygen atoms in total. The number of primary amides is 1. The van der Waals surface area contributed by atoms with Crippen molar-refractivity contribution < 1.29 is 29.1 Å². The van der Waals surface area contributed by atoms with Crippen LogP contribution in [-0.2, 0) is 24.0 Å². The van der Waals surface area contributed by atoms with Gasteiger partial charge in [-0.25, -0.2) is 4.79 Å². The molecular formula is C16H30N6O6S. The first-order valence-corrected chi connectivity index (χ1v) is 9.70. The molecule has 10 N–H and O–H groups in total. The highest BCUT2D eigenvalue weighted by atomic mass is 32.1. The maximum absolute atomic E-state index is 12.3. The van der Waals surface area contributed by atoms with Crippen molar-refractivity contribution in [3.8, 4) is 0 Å². The van der Waals surface area contributed by atoms with E-state index in [9.17, 15) is 24.0 Å². The van der Waals surface area contributed by atoms with Crippen molar-refractivity contribution in [1.29, 1.82) is 0 Å². The minimum absolute atomic E-state index is 0.0849. The fourth-order valence-corrected chi connectivity index (χ4v) is 2.44. The summed E-state index contributed by atoms with van der Waals surface area (Å²) in [4.78, 5) is 58.2. The molecular weight excluding hydrogens is 404 g/mol.